The molecule has 0 radical (unpaired) electrons. The van der Waals surface area contributed by atoms with E-state index in [-0.39, 0.29) is 0 Å². The summed E-state index contributed by atoms with van der Waals surface area (Å²) in [4.78, 5) is 8.92. The minimum Gasteiger partial charge on any atom is -0.262 e. The van der Waals surface area contributed by atoms with Gasteiger partial charge in [-0.15, -0.1) is 0 Å². The predicted octanol–water partition coefficient (Wildman–Crippen LogP) is 10.1. The lowest BCUT2D eigenvalue weighted by Crippen LogP contribution is -1.93. The minimum atomic E-state index is 0.993. The number of fused-ring (bicyclic) bond motifs is 2. The van der Waals surface area contributed by atoms with Crippen molar-refractivity contribution in [1.29, 1.82) is 0 Å². The van der Waals surface area contributed by atoms with Gasteiger partial charge in [-0.2, -0.15) is 0 Å². The number of rotatable bonds is 4. The van der Waals surface area contributed by atoms with Crippen LogP contribution in [0.4, 0.5) is 0 Å². The Kier molecular flexibility index (Phi) is 5.94. The van der Waals surface area contributed by atoms with Crippen LogP contribution in [0.3, 0.4) is 0 Å². The molecule has 2 heteroatoms. The van der Waals surface area contributed by atoms with Gasteiger partial charge in [0.25, 0.3) is 0 Å². The van der Waals surface area contributed by atoms with Crippen LogP contribution in [0.2, 0.25) is 0 Å². The third kappa shape index (κ3) is 4.15. The van der Waals surface area contributed by atoms with Crippen LogP contribution in [-0.2, 0) is 0 Å². The molecule has 7 aromatic rings. The molecule has 0 atom stereocenters. The van der Waals surface area contributed by atoms with E-state index in [4.69, 9.17) is 0 Å². The van der Waals surface area contributed by atoms with E-state index < -0.39 is 0 Å². The van der Waals surface area contributed by atoms with E-state index in [0.29, 0.717) is 0 Å². The van der Waals surface area contributed by atoms with Gasteiger partial charge < -0.3 is 0 Å². The lowest BCUT2D eigenvalue weighted by Gasteiger charge is -2.19. The van der Waals surface area contributed by atoms with Gasteiger partial charge in [-0.25, -0.2) is 0 Å². The molecular formula is C38H28N2. The fraction of sp³-hybridized carbons (Fsp3) is 0.0526. The minimum absolute atomic E-state index is 0.993. The molecule has 0 spiro atoms. The number of hydrogen-bond donors (Lipinski definition) is 0. The van der Waals surface area contributed by atoms with Crippen LogP contribution in [0, 0.1) is 13.8 Å². The second-order valence-electron chi connectivity index (χ2n) is 10.3. The Balaban J connectivity index is 1.44. The van der Waals surface area contributed by atoms with Crippen LogP contribution >= 0.6 is 0 Å². The maximum atomic E-state index is 4.56. The van der Waals surface area contributed by atoms with Crippen LogP contribution in [0.25, 0.3) is 66.2 Å². The fourth-order valence-electron chi connectivity index (χ4n) is 5.92. The first-order valence-electron chi connectivity index (χ1n) is 13.7. The van der Waals surface area contributed by atoms with E-state index in [2.05, 4.69) is 126 Å². The van der Waals surface area contributed by atoms with Crippen LogP contribution in [0.5, 0.6) is 0 Å². The summed E-state index contributed by atoms with van der Waals surface area (Å²) in [5, 5.41) is 5.05. The van der Waals surface area contributed by atoms with Crippen molar-refractivity contribution in [1.82, 2.24) is 9.97 Å². The fourth-order valence-corrected chi connectivity index (χ4v) is 5.92. The Hall–Kier alpha value is -5.08. The molecule has 0 aliphatic heterocycles. The lowest BCUT2D eigenvalue weighted by atomic mass is 9.84. The van der Waals surface area contributed by atoms with E-state index in [9.17, 15) is 0 Å². The molecule has 0 amide bonds. The van der Waals surface area contributed by atoms with Gasteiger partial charge in [0.05, 0.1) is 5.69 Å². The number of aryl methyl sites for hydroxylation is 2. The number of nitrogens with zero attached hydrogens (tertiary/aromatic N) is 2. The molecule has 0 fully saturated rings. The van der Waals surface area contributed by atoms with Crippen molar-refractivity contribution < 1.29 is 0 Å². The quantitative estimate of drug-likeness (QED) is 0.219. The third-order valence-corrected chi connectivity index (χ3v) is 7.79. The highest BCUT2D eigenvalue weighted by molar-refractivity contribution is 6.21. The third-order valence-electron chi connectivity index (χ3n) is 7.79. The molecule has 0 saturated heterocycles. The van der Waals surface area contributed by atoms with E-state index >= 15 is 0 Å². The second kappa shape index (κ2) is 9.91. The molecule has 0 bridgehead atoms. The highest BCUT2D eigenvalue weighted by atomic mass is 14.7. The molecule has 0 saturated carbocycles. The average molecular weight is 513 g/mol. The van der Waals surface area contributed by atoms with Gasteiger partial charge >= 0.3 is 0 Å². The number of hydrogen-bond acceptors (Lipinski definition) is 2. The molecule has 2 aromatic heterocycles. The topological polar surface area (TPSA) is 25.8 Å². The largest absolute Gasteiger partial charge is 0.262 e. The number of benzene rings is 5. The average Bonchev–Trinajstić information content (AvgIpc) is 3.01. The summed E-state index contributed by atoms with van der Waals surface area (Å²) in [5.41, 5.74) is 11.8. The van der Waals surface area contributed by atoms with Gasteiger partial charge in [-0.1, -0.05) is 91.0 Å². The predicted molar refractivity (Wildman–Crippen MR) is 168 cm³/mol. The lowest BCUT2D eigenvalue weighted by molar-refractivity contribution is 1.20. The molecule has 5 aromatic carbocycles. The number of aromatic nitrogens is 2. The first-order valence-corrected chi connectivity index (χ1v) is 13.7. The summed E-state index contributed by atoms with van der Waals surface area (Å²) in [6.45, 7) is 4.24. The van der Waals surface area contributed by atoms with Gasteiger partial charge in [-0.3, -0.25) is 9.97 Å². The van der Waals surface area contributed by atoms with Gasteiger partial charge in [0.2, 0.25) is 0 Å². The SMILES string of the molecule is Cc1cc(-c2ccc(-c3c4ccccc4c(-c4ccc(-c5ccccn5)cc4C)c4ccccc34)cc2)ccn1. The van der Waals surface area contributed by atoms with Crippen LogP contribution in [0.15, 0.2) is 134 Å². The molecule has 190 valence electrons. The van der Waals surface area contributed by atoms with Crippen molar-refractivity contribution in [3.63, 3.8) is 0 Å². The molecule has 2 nitrogen and oxygen atoms in total. The zero-order chi connectivity index (χ0) is 27.1. The van der Waals surface area contributed by atoms with E-state index in [1.54, 1.807) is 0 Å². The highest BCUT2D eigenvalue weighted by Gasteiger charge is 2.18. The maximum Gasteiger partial charge on any atom is 0.0702 e. The molecule has 40 heavy (non-hydrogen) atoms. The first-order chi connectivity index (χ1) is 19.7. The zero-order valence-corrected chi connectivity index (χ0v) is 22.6. The summed E-state index contributed by atoms with van der Waals surface area (Å²) in [7, 11) is 0. The molecule has 2 heterocycles. The normalized spacial score (nSPS) is 11.2. The van der Waals surface area contributed by atoms with Crippen LogP contribution in [0.1, 0.15) is 11.3 Å². The standard InChI is InChI=1S/C38H28N2/c1-25-23-30(36-13-7-8-21-40-36)18-19-31(25)38-34-11-5-3-9-32(34)37(33-10-4-6-12-35(33)38)28-16-14-27(15-17-28)29-20-22-39-26(2)24-29/h3-24H,1-2H3. The summed E-state index contributed by atoms with van der Waals surface area (Å²) in [5.74, 6) is 0. The number of pyridine rings is 2. The summed E-state index contributed by atoms with van der Waals surface area (Å²) >= 11 is 0. The van der Waals surface area contributed by atoms with E-state index in [1.807, 2.05) is 31.5 Å². The summed E-state index contributed by atoms with van der Waals surface area (Å²) in [6, 6.07) is 43.6. The van der Waals surface area contributed by atoms with E-state index in [0.717, 1.165) is 17.0 Å². The molecule has 7 rings (SSSR count). The summed E-state index contributed by atoms with van der Waals surface area (Å²) < 4.78 is 0. The van der Waals surface area contributed by atoms with Crippen molar-refractivity contribution in [3.8, 4) is 44.6 Å². The smallest absolute Gasteiger partial charge is 0.0702 e. The maximum absolute atomic E-state index is 4.56. The Morgan fingerprint density at radius 2 is 1.02 bits per heavy atom. The van der Waals surface area contributed by atoms with Crippen molar-refractivity contribution in [2.45, 2.75) is 13.8 Å². The van der Waals surface area contributed by atoms with Crippen molar-refractivity contribution in [2.24, 2.45) is 0 Å². The van der Waals surface area contributed by atoms with Crippen LogP contribution in [-0.4, -0.2) is 9.97 Å². The molecule has 0 unspecified atom stereocenters. The Labute approximate surface area is 234 Å². The van der Waals surface area contributed by atoms with Gasteiger partial charge in [0, 0.05) is 23.7 Å². The highest BCUT2D eigenvalue weighted by Crippen LogP contribution is 2.44. The van der Waals surface area contributed by atoms with Crippen LogP contribution < -0.4 is 0 Å². The zero-order valence-electron chi connectivity index (χ0n) is 22.6. The Bertz CT molecular complexity index is 1950. The molecule has 0 aliphatic rings. The van der Waals surface area contributed by atoms with E-state index in [1.165, 1.54) is 60.5 Å². The summed E-state index contributed by atoms with van der Waals surface area (Å²) in [6.07, 6.45) is 3.73. The molecule has 0 aliphatic carbocycles. The molecular weight excluding hydrogens is 484 g/mol. The first kappa shape index (κ1) is 24.0. The Morgan fingerprint density at radius 1 is 0.425 bits per heavy atom. The van der Waals surface area contributed by atoms with Gasteiger partial charge in [0.1, 0.15) is 0 Å². The monoisotopic (exact) mass is 512 g/mol. The van der Waals surface area contributed by atoms with Gasteiger partial charge in [0.15, 0.2) is 0 Å². The van der Waals surface area contributed by atoms with Crippen molar-refractivity contribution in [2.75, 3.05) is 0 Å². The van der Waals surface area contributed by atoms with Crippen molar-refractivity contribution >= 4 is 21.5 Å². The van der Waals surface area contributed by atoms with Gasteiger partial charge in [-0.05, 0) is 105 Å². The second-order valence-corrected chi connectivity index (χ2v) is 10.3. The Morgan fingerprint density at radius 3 is 1.62 bits per heavy atom. The van der Waals surface area contributed by atoms with Crippen molar-refractivity contribution in [3.05, 3.63) is 145 Å². The molecule has 0 N–H and O–H groups in total.